The molecule has 25 heavy (non-hydrogen) atoms. The van der Waals surface area contributed by atoms with E-state index in [-0.39, 0.29) is 11.5 Å². The van der Waals surface area contributed by atoms with Crippen LogP contribution in [0.4, 0.5) is 0 Å². The topological polar surface area (TPSA) is 88.2 Å². The van der Waals surface area contributed by atoms with Crippen molar-refractivity contribution in [3.8, 4) is 11.4 Å². The first-order chi connectivity index (χ1) is 12.1. The molecule has 1 N–H and O–H groups in total. The zero-order valence-electron chi connectivity index (χ0n) is 14.5. The van der Waals surface area contributed by atoms with Crippen molar-refractivity contribution < 1.29 is 9.53 Å². The van der Waals surface area contributed by atoms with Crippen molar-refractivity contribution >= 4 is 5.91 Å². The van der Waals surface area contributed by atoms with Crippen LogP contribution in [0.25, 0.3) is 11.4 Å². The van der Waals surface area contributed by atoms with Crippen LogP contribution < -0.4 is 5.56 Å². The van der Waals surface area contributed by atoms with Crippen LogP contribution in [0.2, 0.25) is 0 Å². The van der Waals surface area contributed by atoms with Crippen molar-refractivity contribution in [3.63, 3.8) is 0 Å². The van der Waals surface area contributed by atoms with Gasteiger partial charge >= 0.3 is 0 Å². The van der Waals surface area contributed by atoms with E-state index < -0.39 is 6.10 Å². The molecule has 0 bridgehead atoms. The lowest BCUT2D eigenvalue weighted by atomic mass is 10.1. The summed E-state index contributed by atoms with van der Waals surface area (Å²) in [5.74, 6) is 0.408. The highest BCUT2D eigenvalue weighted by Crippen LogP contribution is 2.19. The molecule has 3 heterocycles. The smallest absolute Gasteiger partial charge is 0.254 e. The number of hydrogen-bond donors (Lipinski definition) is 1. The minimum atomic E-state index is -0.485. The monoisotopic (exact) mass is 342 g/mol. The van der Waals surface area contributed by atoms with Gasteiger partial charge in [-0.05, 0) is 31.9 Å². The zero-order valence-corrected chi connectivity index (χ0v) is 14.5. The number of carbonyl (C=O) groups is 1. The number of aromatic amines is 1. The minimum absolute atomic E-state index is 0.0656. The highest BCUT2D eigenvalue weighted by Gasteiger charge is 2.27. The van der Waals surface area contributed by atoms with E-state index in [1.807, 2.05) is 13.0 Å². The molecule has 0 spiro atoms. The van der Waals surface area contributed by atoms with Crippen LogP contribution >= 0.6 is 0 Å². The Hall–Kier alpha value is -2.54. The highest BCUT2D eigenvalue weighted by molar-refractivity contribution is 5.80. The Bertz CT molecular complexity index is 804. The van der Waals surface area contributed by atoms with Gasteiger partial charge < -0.3 is 14.6 Å². The number of rotatable bonds is 5. The standard InChI is InChI=1S/C18H22N4O3/c1-3-9-25-12(2)18(24)22-8-6-14-15(11-22)20-16(21-17(14)23)13-5-4-7-19-10-13/h4-5,7,10,12H,3,6,8-9,11H2,1-2H3,(H,20,21,23). The van der Waals surface area contributed by atoms with Crippen LogP contribution in [-0.4, -0.2) is 45.0 Å². The summed E-state index contributed by atoms with van der Waals surface area (Å²) >= 11 is 0. The summed E-state index contributed by atoms with van der Waals surface area (Å²) in [5.41, 5.74) is 1.89. The molecule has 0 saturated carbocycles. The Balaban J connectivity index is 1.83. The molecule has 1 aliphatic rings. The maximum absolute atomic E-state index is 12.5. The Kier molecular flexibility index (Phi) is 5.23. The van der Waals surface area contributed by atoms with Crippen molar-refractivity contribution in [1.29, 1.82) is 0 Å². The first kappa shape index (κ1) is 17.3. The molecular formula is C18H22N4O3. The van der Waals surface area contributed by atoms with Crippen LogP contribution in [0.1, 0.15) is 31.5 Å². The van der Waals surface area contributed by atoms with Gasteiger partial charge in [0.2, 0.25) is 0 Å². The molecule has 132 valence electrons. The molecule has 2 aromatic rings. The molecule has 0 aromatic carbocycles. The Morgan fingerprint density at radius 3 is 3.04 bits per heavy atom. The average Bonchev–Trinajstić information content (AvgIpc) is 2.65. The molecule has 0 aliphatic carbocycles. The van der Waals surface area contributed by atoms with E-state index in [9.17, 15) is 9.59 Å². The Morgan fingerprint density at radius 1 is 1.48 bits per heavy atom. The van der Waals surface area contributed by atoms with Crippen molar-refractivity contribution in [2.45, 2.75) is 39.3 Å². The fraction of sp³-hybridized carbons (Fsp3) is 0.444. The molecular weight excluding hydrogens is 320 g/mol. The number of ether oxygens (including phenoxy) is 1. The number of amides is 1. The molecule has 1 amide bonds. The van der Waals surface area contributed by atoms with Gasteiger partial charge in [-0.2, -0.15) is 0 Å². The third-order valence-corrected chi connectivity index (χ3v) is 4.24. The van der Waals surface area contributed by atoms with Crippen molar-refractivity contribution in [2.24, 2.45) is 0 Å². The van der Waals surface area contributed by atoms with Crippen molar-refractivity contribution in [2.75, 3.05) is 13.2 Å². The summed E-state index contributed by atoms with van der Waals surface area (Å²) in [4.78, 5) is 38.0. The predicted molar refractivity (Wildman–Crippen MR) is 92.9 cm³/mol. The summed E-state index contributed by atoms with van der Waals surface area (Å²) in [7, 11) is 0. The van der Waals surface area contributed by atoms with Crippen molar-refractivity contribution in [3.05, 3.63) is 46.1 Å². The fourth-order valence-corrected chi connectivity index (χ4v) is 2.89. The van der Waals surface area contributed by atoms with Gasteiger partial charge in [0.1, 0.15) is 11.9 Å². The van der Waals surface area contributed by atoms with Crippen LogP contribution in [0.15, 0.2) is 29.3 Å². The first-order valence-corrected chi connectivity index (χ1v) is 8.53. The molecule has 7 nitrogen and oxygen atoms in total. The molecule has 0 fully saturated rings. The van der Waals surface area contributed by atoms with Crippen LogP contribution in [0, 0.1) is 0 Å². The van der Waals surface area contributed by atoms with Gasteiger partial charge in [-0.15, -0.1) is 0 Å². The summed E-state index contributed by atoms with van der Waals surface area (Å²) in [6.07, 6.45) is 4.19. The van der Waals surface area contributed by atoms with Crippen LogP contribution in [-0.2, 0) is 22.5 Å². The summed E-state index contributed by atoms with van der Waals surface area (Å²) in [6.45, 7) is 5.15. The second kappa shape index (κ2) is 7.57. The largest absolute Gasteiger partial charge is 0.369 e. The number of fused-ring (bicyclic) bond motifs is 1. The molecule has 1 aliphatic heterocycles. The number of carbonyl (C=O) groups excluding carboxylic acids is 1. The Morgan fingerprint density at radius 2 is 2.32 bits per heavy atom. The van der Waals surface area contributed by atoms with E-state index in [0.29, 0.717) is 43.2 Å². The van der Waals surface area contributed by atoms with Crippen molar-refractivity contribution in [1.82, 2.24) is 19.9 Å². The molecule has 2 aromatic heterocycles. The second-order valence-electron chi connectivity index (χ2n) is 6.10. The van der Waals surface area contributed by atoms with E-state index in [4.69, 9.17) is 4.74 Å². The predicted octanol–water partition coefficient (Wildman–Crippen LogP) is 1.53. The molecule has 3 rings (SSSR count). The van der Waals surface area contributed by atoms with Crippen LogP contribution in [0.3, 0.4) is 0 Å². The number of nitrogens with zero attached hydrogens (tertiary/aromatic N) is 3. The van der Waals surface area contributed by atoms with E-state index in [2.05, 4.69) is 15.0 Å². The van der Waals surface area contributed by atoms with Gasteiger partial charge in [0.25, 0.3) is 11.5 Å². The lowest BCUT2D eigenvalue weighted by Gasteiger charge is -2.30. The summed E-state index contributed by atoms with van der Waals surface area (Å²) < 4.78 is 5.52. The minimum Gasteiger partial charge on any atom is -0.369 e. The number of pyridine rings is 1. The first-order valence-electron chi connectivity index (χ1n) is 8.53. The SMILES string of the molecule is CCCOC(C)C(=O)N1CCc2c(nc(-c3cccnc3)[nH]c2=O)C1. The zero-order chi connectivity index (χ0) is 17.8. The molecule has 0 saturated heterocycles. The molecule has 0 radical (unpaired) electrons. The molecule has 1 atom stereocenters. The van der Waals surface area contributed by atoms with E-state index in [1.165, 1.54) is 0 Å². The summed E-state index contributed by atoms with van der Waals surface area (Å²) in [6, 6.07) is 3.63. The molecule has 7 heteroatoms. The quantitative estimate of drug-likeness (QED) is 0.890. The average molecular weight is 342 g/mol. The van der Waals surface area contributed by atoms with Crippen LogP contribution in [0.5, 0.6) is 0 Å². The van der Waals surface area contributed by atoms with Gasteiger partial charge in [0.15, 0.2) is 0 Å². The Labute approximate surface area is 146 Å². The van der Waals surface area contributed by atoms with E-state index >= 15 is 0 Å². The van der Waals surface area contributed by atoms with Gasteiger partial charge in [0.05, 0.1) is 12.2 Å². The van der Waals surface area contributed by atoms with Gasteiger partial charge in [-0.1, -0.05) is 6.92 Å². The van der Waals surface area contributed by atoms with Gasteiger partial charge in [-0.25, -0.2) is 4.98 Å². The number of nitrogens with one attached hydrogen (secondary N) is 1. The maximum atomic E-state index is 12.5. The summed E-state index contributed by atoms with van der Waals surface area (Å²) in [5, 5.41) is 0. The fourth-order valence-electron chi connectivity index (χ4n) is 2.89. The van der Waals surface area contributed by atoms with Gasteiger partial charge in [-0.3, -0.25) is 14.6 Å². The number of aromatic nitrogens is 3. The second-order valence-corrected chi connectivity index (χ2v) is 6.10. The van der Waals surface area contributed by atoms with E-state index in [1.54, 1.807) is 30.3 Å². The van der Waals surface area contributed by atoms with E-state index in [0.717, 1.165) is 12.0 Å². The normalized spacial score (nSPS) is 14.9. The third-order valence-electron chi connectivity index (χ3n) is 4.24. The van der Waals surface area contributed by atoms with Gasteiger partial charge in [0, 0.05) is 36.7 Å². The lowest BCUT2D eigenvalue weighted by molar-refractivity contribution is -0.143. The highest BCUT2D eigenvalue weighted by atomic mass is 16.5. The number of hydrogen-bond acceptors (Lipinski definition) is 5. The molecule has 1 unspecified atom stereocenters. The lowest BCUT2D eigenvalue weighted by Crippen LogP contribution is -2.44. The number of H-pyrrole nitrogens is 1. The third kappa shape index (κ3) is 3.76. The maximum Gasteiger partial charge on any atom is 0.254 e.